The van der Waals surface area contributed by atoms with Crippen LogP contribution in [0.2, 0.25) is 5.02 Å². The third-order valence-corrected chi connectivity index (χ3v) is 5.26. The lowest BCUT2D eigenvalue weighted by Gasteiger charge is -2.13. The van der Waals surface area contributed by atoms with Gasteiger partial charge in [-0.1, -0.05) is 35.0 Å². The second-order valence-corrected chi connectivity index (χ2v) is 7.13. The van der Waals surface area contributed by atoms with Crippen molar-refractivity contribution in [2.45, 2.75) is 24.9 Å². The summed E-state index contributed by atoms with van der Waals surface area (Å²) in [6.45, 7) is 3.37. The maximum atomic E-state index is 12.3. The zero-order valence-electron chi connectivity index (χ0n) is 10.6. The Morgan fingerprint density at radius 1 is 1.37 bits per heavy atom. The Balaban J connectivity index is 2.27. The molecule has 1 atom stereocenters. The Bertz CT molecular complexity index is 679. The van der Waals surface area contributed by atoms with Gasteiger partial charge in [-0.2, -0.15) is 0 Å². The standard InChI is InChI=1S/C13H14ClNO3S/c1-9-7-11(18-15-9)8-19(16,17)10(2)12-5-3-4-6-13(12)14/h3-7,10H,8H2,1-2H3/t10-/m1/s1. The van der Waals surface area contributed by atoms with Crippen LogP contribution in [-0.2, 0) is 15.6 Å². The Kier molecular flexibility index (Phi) is 3.96. The van der Waals surface area contributed by atoms with Crippen LogP contribution in [0.25, 0.3) is 0 Å². The smallest absolute Gasteiger partial charge is 0.164 e. The van der Waals surface area contributed by atoms with E-state index in [0.29, 0.717) is 22.0 Å². The van der Waals surface area contributed by atoms with Crippen molar-refractivity contribution in [1.29, 1.82) is 0 Å². The van der Waals surface area contributed by atoms with Gasteiger partial charge in [-0.3, -0.25) is 0 Å². The van der Waals surface area contributed by atoms with E-state index in [-0.39, 0.29) is 5.75 Å². The Hall–Kier alpha value is -1.33. The minimum Gasteiger partial charge on any atom is -0.360 e. The average molecular weight is 300 g/mol. The number of rotatable bonds is 4. The Morgan fingerprint density at radius 3 is 2.63 bits per heavy atom. The number of hydrogen-bond donors (Lipinski definition) is 0. The maximum absolute atomic E-state index is 12.3. The van der Waals surface area contributed by atoms with Gasteiger partial charge < -0.3 is 4.52 Å². The molecular weight excluding hydrogens is 286 g/mol. The summed E-state index contributed by atoms with van der Waals surface area (Å²) >= 11 is 6.03. The largest absolute Gasteiger partial charge is 0.360 e. The minimum atomic E-state index is -3.39. The summed E-state index contributed by atoms with van der Waals surface area (Å²) in [5.74, 6) is 0.164. The third-order valence-electron chi connectivity index (χ3n) is 2.90. The zero-order valence-corrected chi connectivity index (χ0v) is 12.2. The predicted octanol–water partition coefficient (Wildman–Crippen LogP) is 3.31. The van der Waals surface area contributed by atoms with E-state index in [1.165, 1.54) is 0 Å². The summed E-state index contributed by atoms with van der Waals surface area (Å²) in [6, 6.07) is 8.56. The van der Waals surface area contributed by atoms with Crippen molar-refractivity contribution >= 4 is 21.4 Å². The molecule has 1 aromatic carbocycles. The van der Waals surface area contributed by atoms with Crippen LogP contribution in [0.3, 0.4) is 0 Å². The molecule has 0 unspecified atom stereocenters. The molecule has 19 heavy (non-hydrogen) atoms. The van der Waals surface area contributed by atoms with Crippen LogP contribution >= 0.6 is 11.6 Å². The molecule has 0 amide bonds. The highest BCUT2D eigenvalue weighted by Crippen LogP contribution is 2.30. The lowest BCUT2D eigenvalue weighted by Crippen LogP contribution is -2.13. The molecule has 0 fully saturated rings. The molecule has 102 valence electrons. The summed E-state index contributed by atoms with van der Waals surface area (Å²) in [6.07, 6.45) is 0. The van der Waals surface area contributed by atoms with Gasteiger partial charge in [0, 0.05) is 11.1 Å². The fourth-order valence-electron chi connectivity index (χ4n) is 1.81. The van der Waals surface area contributed by atoms with Crippen molar-refractivity contribution in [1.82, 2.24) is 5.16 Å². The van der Waals surface area contributed by atoms with E-state index >= 15 is 0 Å². The van der Waals surface area contributed by atoms with E-state index in [9.17, 15) is 8.42 Å². The van der Waals surface area contributed by atoms with E-state index in [0.717, 1.165) is 0 Å². The quantitative estimate of drug-likeness (QED) is 0.869. The molecule has 6 heteroatoms. The third kappa shape index (κ3) is 3.16. The predicted molar refractivity (Wildman–Crippen MR) is 73.7 cm³/mol. The van der Waals surface area contributed by atoms with Crippen LogP contribution < -0.4 is 0 Å². The number of aryl methyl sites for hydroxylation is 1. The summed E-state index contributed by atoms with van der Waals surface area (Å²) in [7, 11) is -3.39. The lowest BCUT2D eigenvalue weighted by atomic mass is 10.2. The topological polar surface area (TPSA) is 60.2 Å². The SMILES string of the molecule is Cc1cc(CS(=O)(=O)[C@H](C)c2ccccc2Cl)on1. The molecule has 2 aromatic rings. The number of benzene rings is 1. The van der Waals surface area contributed by atoms with Crippen LogP contribution in [0.5, 0.6) is 0 Å². The van der Waals surface area contributed by atoms with Gasteiger partial charge in [-0.05, 0) is 25.5 Å². The first-order valence-corrected chi connectivity index (χ1v) is 7.87. The summed E-state index contributed by atoms with van der Waals surface area (Å²) < 4.78 is 29.6. The molecule has 1 heterocycles. The molecule has 0 N–H and O–H groups in total. The van der Waals surface area contributed by atoms with Gasteiger partial charge in [0.2, 0.25) is 0 Å². The second-order valence-electron chi connectivity index (χ2n) is 4.41. The van der Waals surface area contributed by atoms with Gasteiger partial charge in [0.1, 0.15) is 5.75 Å². The van der Waals surface area contributed by atoms with Gasteiger partial charge in [0.05, 0.1) is 10.9 Å². The van der Waals surface area contributed by atoms with Crippen LogP contribution in [-0.4, -0.2) is 13.6 Å². The average Bonchev–Trinajstić information content (AvgIpc) is 2.73. The van der Waals surface area contributed by atoms with E-state index in [1.807, 2.05) is 0 Å². The second kappa shape index (κ2) is 5.35. The van der Waals surface area contributed by atoms with Crippen LogP contribution in [0.15, 0.2) is 34.9 Å². The molecule has 0 radical (unpaired) electrons. The first-order chi connectivity index (χ1) is 8.90. The van der Waals surface area contributed by atoms with Gasteiger partial charge in [-0.25, -0.2) is 8.42 Å². The number of sulfone groups is 1. The van der Waals surface area contributed by atoms with Crippen LogP contribution in [0, 0.1) is 6.92 Å². The molecule has 0 aliphatic carbocycles. The summed E-state index contributed by atoms with van der Waals surface area (Å²) in [4.78, 5) is 0. The lowest BCUT2D eigenvalue weighted by molar-refractivity contribution is 0.388. The van der Waals surface area contributed by atoms with Crippen LogP contribution in [0.4, 0.5) is 0 Å². The highest BCUT2D eigenvalue weighted by atomic mass is 35.5. The highest BCUT2D eigenvalue weighted by molar-refractivity contribution is 7.90. The van der Waals surface area contributed by atoms with E-state index in [2.05, 4.69) is 5.16 Å². The molecule has 0 aliphatic heterocycles. The molecule has 4 nitrogen and oxygen atoms in total. The van der Waals surface area contributed by atoms with E-state index < -0.39 is 15.1 Å². The van der Waals surface area contributed by atoms with E-state index in [4.69, 9.17) is 16.1 Å². The molecule has 0 saturated carbocycles. The number of aromatic nitrogens is 1. The van der Waals surface area contributed by atoms with Crippen molar-refractivity contribution in [3.8, 4) is 0 Å². The maximum Gasteiger partial charge on any atom is 0.164 e. The van der Waals surface area contributed by atoms with Gasteiger partial charge in [-0.15, -0.1) is 0 Å². The van der Waals surface area contributed by atoms with Crippen molar-refractivity contribution in [3.05, 3.63) is 52.4 Å². The molecule has 1 aromatic heterocycles. The fourth-order valence-corrected chi connectivity index (χ4v) is 3.54. The minimum absolute atomic E-state index is 0.180. The van der Waals surface area contributed by atoms with E-state index in [1.54, 1.807) is 44.2 Å². The highest BCUT2D eigenvalue weighted by Gasteiger charge is 2.26. The summed E-state index contributed by atoms with van der Waals surface area (Å²) in [5, 5.41) is 3.45. The molecule has 2 rings (SSSR count). The monoisotopic (exact) mass is 299 g/mol. The zero-order chi connectivity index (χ0) is 14.0. The van der Waals surface area contributed by atoms with Gasteiger partial charge >= 0.3 is 0 Å². The van der Waals surface area contributed by atoms with Crippen molar-refractivity contribution in [2.75, 3.05) is 0 Å². The fraction of sp³-hybridized carbons (Fsp3) is 0.308. The van der Waals surface area contributed by atoms with Crippen molar-refractivity contribution < 1.29 is 12.9 Å². The normalized spacial score (nSPS) is 13.4. The summed E-state index contributed by atoms with van der Waals surface area (Å²) in [5.41, 5.74) is 1.26. The first kappa shape index (κ1) is 14.1. The van der Waals surface area contributed by atoms with Crippen molar-refractivity contribution in [2.24, 2.45) is 0 Å². The van der Waals surface area contributed by atoms with Crippen LogP contribution in [0.1, 0.15) is 29.2 Å². The first-order valence-electron chi connectivity index (χ1n) is 5.78. The number of halogens is 1. The Labute approximate surface area is 117 Å². The van der Waals surface area contributed by atoms with Gasteiger partial charge in [0.15, 0.2) is 15.6 Å². The molecule has 0 aliphatic rings. The van der Waals surface area contributed by atoms with Gasteiger partial charge in [0.25, 0.3) is 0 Å². The number of hydrogen-bond acceptors (Lipinski definition) is 4. The number of nitrogens with zero attached hydrogens (tertiary/aromatic N) is 1. The molecule has 0 saturated heterocycles. The van der Waals surface area contributed by atoms with Crippen molar-refractivity contribution in [3.63, 3.8) is 0 Å². The molecule has 0 bridgehead atoms. The molecule has 0 spiro atoms. The molecular formula is C13H14ClNO3S. The Morgan fingerprint density at radius 2 is 2.05 bits per heavy atom.